The first-order valence-corrected chi connectivity index (χ1v) is 9.35. The van der Waals surface area contributed by atoms with Crippen LogP contribution >= 0.6 is 0 Å². The number of hydrogen-bond donors (Lipinski definition) is 2. The van der Waals surface area contributed by atoms with Crippen molar-refractivity contribution in [3.05, 3.63) is 0 Å². The zero-order valence-electron chi connectivity index (χ0n) is 13.9. The maximum atomic E-state index is 13.1. The third-order valence-electron chi connectivity index (χ3n) is 6.44. The normalized spacial score (nSPS) is 27.9. The van der Waals surface area contributed by atoms with E-state index in [0.717, 1.165) is 38.8 Å². The Kier molecular flexibility index (Phi) is 5.08. The molecule has 0 aromatic carbocycles. The molecule has 0 spiro atoms. The van der Waals surface area contributed by atoms with Crippen LogP contribution in [0.4, 0.5) is 0 Å². The highest BCUT2D eigenvalue weighted by Gasteiger charge is 2.46. The van der Waals surface area contributed by atoms with Crippen LogP contribution in [0.25, 0.3) is 0 Å². The van der Waals surface area contributed by atoms with Crippen molar-refractivity contribution in [3.8, 4) is 0 Å². The zero-order chi connectivity index (χ0) is 15.5. The molecule has 0 atom stereocenters. The third-order valence-corrected chi connectivity index (χ3v) is 6.44. The molecule has 4 nitrogen and oxygen atoms in total. The van der Waals surface area contributed by atoms with E-state index in [4.69, 9.17) is 0 Å². The first-order chi connectivity index (χ1) is 10.7. The van der Waals surface area contributed by atoms with Crippen LogP contribution in [-0.2, 0) is 4.79 Å². The Labute approximate surface area is 134 Å². The maximum absolute atomic E-state index is 13.1. The summed E-state index contributed by atoms with van der Waals surface area (Å²) in [7, 11) is 0. The summed E-state index contributed by atoms with van der Waals surface area (Å²) >= 11 is 0. The standard InChI is InChI=1S/C18H32N2O2/c21-15-17(8-4-5-9-17)14-19-16(22)18(10-2-1-3-11-18)20-12-6-7-13-20/h21H,1-15H2,(H,19,22). The van der Waals surface area contributed by atoms with Gasteiger partial charge in [-0.1, -0.05) is 32.1 Å². The summed E-state index contributed by atoms with van der Waals surface area (Å²) in [6.45, 7) is 3.04. The molecule has 2 saturated carbocycles. The number of carbonyl (C=O) groups excluding carboxylic acids is 1. The van der Waals surface area contributed by atoms with Gasteiger partial charge < -0.3 is 10.4 Å². The molecule has 0 aromatic heterocycles. The summed E-state index contributed by atoms with van der Waals surface area (Å²) < 4.78 is 0. The van der Waals surface area contributed by atoms with Crippen molar-refractivity contribution in [2.24, 2.45) is 5.41 Å². The number of aliphatic hydroxyl groups is 1. The van der Waals surface area contributed by atoms with E-state index in [1.807, 2.05) is 0 Å². The van der Waals surface area contributed by atoms with Gasteiger partial charge in [-0.25, -0.2) is 0 Å². The van der Waals surface area contributed by atoms with Crippen LogP contribution in [0, 0.1) is 5.41 Å². The van der Waals surface area contributed by atoms with E-state index in [1.54, 1.807) is 0 Å². The summed E-state index contributed by atoms with van der Waals surface area (Å²) in [5.41, 5.74) is -0.291. The predicted octanol–water partition coefficient (Wildman–Crippen LogP) is 2.45. The minimum absolute atomic E-state index is 0.0451. The fourth-order valence-electron chi connectivity index (χ4n) is 4.92. The van der Waals surface area contributed by atoms with E-state index in [-0.39, 0.29) is 23.5 Å². The van der Waals surface area contributed by atoms with Gasteiger partial charge in [0.2, 0.25) is 5.91 Å². The number of nitrogens with zero attached hydrogens (tertiary/aromatic N) is 1. The Hall–Kier alpha value is -0.610. The van der Waals surface area contributed by atoms with Crippen molar-refractivity contribution in [1.82, 2.24) is 10.2 Å². The molecule has 1 amide bonds. The molecule has 1 saturated heterocycles. The number of aliphatic hydroxyl groups excluding tert-OH is 1. The molecule has 0 unspecified atom stereocenters. The minimum atomic E-state index is -0.246. The van der Waals surface area contributed by atoms with Crippen LogP contribution in [-0.4, -0.2) is 47.7 Å². The lowest BCUT2D eigenvalue weighted by Gasteiger charge is -2.43. The molecule has 2 aliphatic carbocycles. The summed E-state index contributed by atoms with van der Waals surface area (Å²) in [5.74, 6) is 0.244. The SMILES string of the molecule is O=C(NCC1(CO)CCCC1)C1(N2CCCC2)CCCCC1. The Morgan fingerprint density at radius 3 is 2.09 bits per heavy atom. The van der Waals surface area contributed by atoms with E-state index in [0.29, 0.717) is 6.54 Å². The maximum Gasteiger partial charge on any atom is 0.240 e. The van der Waals surface area contributed by atoms with E-state index in [9.17, 15) is 9.90 Å². The van der Waals surface area contributed by atoms with Crippen LogP contribution < -0.4 is 5.32 Å². The monoisotopic (exact) mass is 308 g/mol. The Bertz CT molecular complexity index is 379. The quantitative estimate of drug-likeness (QED) is 0.820. The second-order valence-electron chi connectivity index (χ2n) is 7.83. The summed E-state index contributed by atoms with van der Waals surface area (Å²) in [5, 5.41) is 13.0. The highest BCUT2D eigenvalue weighted by atomic mass is 16.3. The number of hydrogen-bond acceptors (Lipinski definition) is 3. The van der Waals surface area contributed by atoms with Crippen molar-refractivity contribution in [1.29, 1.82) is 0 Å². The van der Waals surface area contributed by atoms with E-state index in [1.165, 1.54) is 44.9 Å². The summed E-state index contributed by atoms with van der Waals surface area (Å²) in [6, 6.07) is 0. The number of nitrogens with one attached hydrogen (secondary N) is 1. The van der Waals surface area contributed by atoms with E-state index >= 15 is 0 Å². The van der Waals surface area contributed by atoms with Crippen LogP contribution in [0.2, 0.25) is 0 Å². The second kappa shape index (κ2) is 6.88. The summed E-state index contributed by atoms with van der Waals surface area (Å²) in [6.07, 6.45) is 12.6. The van der Waals surface area contributed by atoms with Crippen molar-refractivity contribution >= 4 is 5.91 Å². The molecular formula is C18H32N2O2. The number of rotatable bonds is 5. The van der Waals surface area contributed by atoms with Gasteiger partial charge in [-0.3, -0.25) is 9.69 Å². The first kappa shape index (κ1) is 16.3. The molecule has 22 heavy (non-hydrogen) atoms. The molecule has 0 bridgehead atoms. The Morgan fingerprint density at radius 1 is 0.909 bits per heavy atom. The molecule has 126 valence electrons. The number of likely N-dealkylation sites (tertiary alicyclic amines) is 1. The van der Waals surface area contributed by atoms with Gasteiger partial charge >= 0.3 is 0 Å². The van der Waals surface area contributed by atoms with Crippen LogP contribution in [0.5, 0.6) is 0 Å². The van der Waals surface area contributed by atoms with Crippen molar-refractivity contribution < 1.29 is 9.90 Å². The van der Waals surface area contributed by atoms with E-state index < -0.39 is 0 Å². The van der Waals surface area contributed by atoms with Gasteiger partial charge in [0.05, 0.1) is 6.61 Å². The lowest BCUT2D eigenvalue weighted by Crippen LogP contribution is -2.60. The van der Waals surface area contributed by atoms with Gasteiger partial charge in [0, 0.05) is 12.0 Å². The van der Waals surface area contributed by atoms with E-state index in [2.05, 4.69) is 10.2 Å². The van der Waals surface area contributed by atoms with Gasteiger partial charge in [0.25, 0.3) is 0 Å². The lowest BCUT2D eigenvalue weighted by molar-refractivity contribution is -0.136. The number of carbonyl (C=O) groups is 1. The van der Waals surface area contributed by atoms with Crippen LogP contribution in [0.3, 0.4) is 0 Å². The number of amides is 1. The first-order valence-electron chi connectivity index (χ1n) is 9.35. The van der Waals surface area contributed by atoms with Crippen LogP contribution in [0.15, 0.2) is 0 Å². The Morgan fingerprint density at radius 2 is 1.50 bits per heavy atom. The molecule has 3 aliphatic rings. The molecule has 1 heterocycles. The topological polar surface area (TPSA) is 52.6 Å². The fourth-order valence-corrected chi connectivity index (χ4v) is 4.92. The average Bonchev–Trinajstić information content (AvgIpc) is 3.25. The summed E-state index contributed by atoms with van der Waals surface area (Å²) in [4.78, 5) is 15.5. The van der Waals surface area contributed by atoms with Gasteiger partial charge in [-0.05, 0) is 51.6 Å². The molecule has 0 aromatic rings. The molecule has 0 radical (unpaired) electrons. The highest BCUT2D eigenvalue weighted by Crippen LogP contribution is 2.39. The largest absolute Gasteiger partial charge is 0.396 e. The zero-order valence-corrected chi connectivity index (χ0v) is 13.9. The molecule has 3 rings (SSSR count). The van der Waals surface area contributed by atoms with Crippen molar-refractivity contribution in [2.45, 2.75) is 76.2 Å². The van der Waals surface area contributed by atoms with Gasteiger partial charge in [0.1, 0.15) is 5.54 Å². The lowest BCUT2D eigenvalue weighted by atomic mass is 9.79. The fraction of sp³-hybridized carbons (Fsp3) is 0.944. The van der Waals surface area contributed by atoms with Crippen molar-refractivity contribution in [3.63, 3.8) is 0 Å². The van der Waals surface area contributed by atoms with Crippen molar-refractivity contribution in [2.75, 3.05) is 26.2 Å². The second-order valence-corrected chi connectivity index (χ2v) is 7.83. The van der Waals surface area contributed by atoms with Gasteiger partial charge in [-0.2, -0.15) is 0 Å². The van der Waals surface area contributed by atoms with Gasteiger partial charge in [0.15, 0.2) is 0 Å². The molecule has 2 N–H and O–H groups in total. The smallest absolute Gasteiger partial charge is 0.240 e. The molecular weight excluding hydrogens is 276 g/mol. The highest BCUT2D eigenvalue weighted by molar-refractivity contribution is 5.86. The molecule has 1 aliphatic heterocycles. The van der Waals surface area contributed by atoms with Crippen LogP contribution in [0.1, 0.15) is 70.6 Å². The molecule has 4 heteroatoms. The minimum Gasteiger partial charge on any atom is -0.396 e. The van der Waals surface area contributed by atoms with Gasteiger partial charge in [-0.15, -0.1) is 0 Å². The molecule has 3 fully saturated rings. The third kappa shape index (κ3) is 3.05. The average molecular weight is 308 g/mol. The Balaban J connectivity index is 1.66. The predicted molar refractivity (Wildman–Crippen MR) is 87.6 cm³/mol.